The molecular weight excluding hydrogens is 411 g/mol. The number of alkyl halides is 3. The van der Waals surface area contributed by atoms with Gasteiger partial charge in [0, 0.05) is 17.1 Å². The van der Waals surface area contributed by atoms with Crippen LogP contribution in [0.3, 0.4) is 0 Å². The van der Waals surface area contributed by atoms with E-state index >= 15 is 0 Å². The van der Waals surface area contributed by atoms with E-state index in [0.717, 1.165) is 6.20 Å². The molecule has 0 fully saturated rings. The summed E-state index contributed by atoms with van der Waals surface area (Å²) in [4.78, 5) is 15.3. The van der Waals surface area contributed by atoms with Crippen LogP contribution in [0.2, 0.25) is 0 Å². The Labute approximate surface area is 119 Å². The van der Waals surface area contributed by atoms with Gasteiger partial charge in [-0.2, -0.15) is 0 Å². The summed E-state index contributed by atoms with van der Waals surface area (Å²) in [6, 6.07) is 0. The highest BCUT2D eigenvalue weighted by Gasteiger charge is 2.22. The Morgan fingerprint density at radius 2 is 2.29 bits per heavy atom. The average molecular weight is 420 g/mol. The third-order valence-electron chi connectivity index (χ3n) is 1.99. The molecular formula is C10H9BrF2INO2. The van der Waals surface area contributed by atoms with Gasteiger partial charge in [-0.1, -0.05) is 15.9 Å². The predicted octanol–water partition coefficient (Wildman–Crippen LogP) is 3.70. The van der Waals surface area contributed by atoms with E-state index in [2.05, 4.69) is 20.9 Å². The topological polar surface area (TPSA) is 39.2 Å². The van der Waals surface area contributed by atoms with Crippen LogP contribution in [0.1, 0.15) is 35.0 Å². The molecule has 0 aliphatic rings. The van der Waals surface area contributed by atoms with Crippen LogP contribution in [0.4, 0.5) is 8.78 Å². The van der Waals surface area contributed by atoms with Crippen molar-refractivity contribution < 1.29 is 18.3 Å². The molecule has 0 saturated heterocycles. The van der Waals surface area contributed by atoms with Crippen molar-refractivity contribution in [3.05, 3.63) is 26.6 Å². The highest BCUT2D eigenvalue weighted by atomic mass is 127. The minimum atomic E-state index is -2.61. The lowest BCUT2D eigenvalue weighted by Gasteiger charge is -2.11. The van der Waals surface area contributed by atoms with Crippen molar-refractivity contribution in [2.24, 2.45) is 0 Å². The van der Waals surface area contributed by atoms with Gasteiger partial charge in [-0.05, 0) is 35.1 Å². The lowest BCUT2D eigenvalue weighted by atomic mass is 10.1. The molecule has 0 aromatic carbocycles. The smallest absolute Gasteiger partial charge is 0.358 e. The Bertz CT molecular complexity index is 429. The minimum Gasteiger partial charge on any atom is -0.461 e. The molecule has 1 heterocycles. The van der Waals surface area contributed by atoms with E-state index in [1.165, 1.54) is 0 Å². The Morgan fingerprint density at radius 3 is 2.76 bits per heavy atom. The SMILES string of the molecule is CCOC(=O)c1ncc(C(F)F)c(CBr)c1I. The molecule has 0 radical (unpaired) electrons. The molecule has 0 atom stereocenters. The summed E-state index contributed by atoms with van der Waals surface area (Å²) in [5.41, 5.74) is 0.282. The molecule has 3 nitrogen and oxygen atoms in total. The van der Waals surface area contributed by atoms with Crippen molar-refractivity contribution in [3.8, 4) is 0 Å². The highest BCUT2D eigenvalue weighted by Crippen LogP contribution is 2.29. The molecule has 7 heteroatoms. The highest BCUT2D eigenvalue weighted by molar-refractivity contribution is 14.1. The molecule has 17 heavy (non-hydrogen) atoms. The fraction of sp³-hybridized carbons (Fsp3) is 0.400. The first-order valence-corrected chi connectivity index (χ1v) is 6.91. The summed E-state index contributed by atoms with van der Waals surface area (Å²) in [5.74, 6) is -0.597. The van der Waals surface area contributed by atoms with Crippen LogP contribution in [0, 0.1) is 3.57 Å². The summed E-state index contributed by atoms with van der Waals surface area (Å²) in [5, 5.41) is 0.236. The second-order valence-electron chi connectivity index (χ2n) is 3.01. The van der Waals surface area contributed by atoms with Crippen LogP contribution >= 0.6 is 38.5 Å². The first kappa shape index (κ1) is 14.7. The van der Waals surface area contributed by atoms with Gasteiger partial charge >= 0.3 is 5.97 Å². The molecule has 94 valence electrons. The minimum absolute atomic E-state index is 0.0753. The van der Waals surface area contributed by atoms with Gasteiger partial charge in [0.2, 0.25) is 0 Å². The Kier molecular flexibility index (Phi) is 5.71. The first-order chi connectivity index (χ1) is 8.02. The van der Waals surface area contributed by atoms with Gasteiger partial charge < -0.3 is 4.74 Å². The maximum absolute atomic E-state index is 12.7. The maximum Gasteiger partial charge on any atom is 0.358 e. The number of halogens is 4. The molecule has 0 bridgehead atoms. The summed E-state index contributed by atoms with van der Waals surface area (Å²) >= 11 is 4.96. The zero-order chi connectivity index (χ0) is 13.0. The Morgan fingerprint density at radius 1 is 1.65 bits per heavy atom. The lowest BCUT2D eigenvalue weighted by molar-refractivity contribution is 0.0517. The molecule has 1 rings (SSSR count). The largest absolute Gasteiger partial charge is 0.461 e. The average Bonchev–Trinajstić information content (AvgIpc) is 2.28. The van der Waals surface area contributed by atoms with E-state index in [1.807, 2.05) is 22.6 Å². The maximum atomic E-state index is 12.7. The number of carbonyl (C=O) groups excluding carboxylic acids is 1. The van der Waals surface area contributed by atoms with Gasteiger partial charge in [0.15, 0.2) is 5.69 Å². The summed E-state index contributed by atoms with van der Waals surface area (Å²) in [6.07, 6.45) is -1.59. The number of hydrogen-bond donors (Lipinski definition) is 0. The fourth-order valence-corrected chi connectivity index (χ4v) is 3.19. The summed E-state index contributed by atoms with van der Waals surface area (Å²) in [6.45, 7) is 1.89. The van der Waals surface area contributed by atoms with Crippen LogP contribution in [0.25, 0.3) is 0 Å². The predicted molar refractivity (Wildman–Crippen MR) is 70.5 cm³/mol. The van der Waals surface area contributed by atoms with Crippen molar-refractivity contribution in [2.75, 3.05) is 6.61 Å². The van der Waals surface area contributed by atoms with Crippen molar-refractivity contribution in [1.29, 1.82) is 0 Å². The van der Waals surface area contributed by atoms with Gasteiger partial charge in [-0.3, -0.25) is 0 Å². The quantitative estimate of drug-likeness (QED) is 0.424. The number of ether oxygens (including phenoxy) is 1. The van der Waals surface area contributed by atoms with Crippen LogP contribution in [0.5, 0.6) is 0 Å². The van der Waals surface area contributed by atoms with Crippen LogP contribution in [-0.2, 0) is 10.1 Å². The summed E-state index contributed by atoms with van der Waals surface area (Å²) in [7, 11) is 0. The first-order valence-electron chi connectivity index (χ1n) is 4.71. The number of hydrogen-bond acceptors (Lipinski definition) is 3. The zero-order valence-electron chi connectivity index (χ0n) is 8.84. The van der Waals surface area contributed by atoms with Crippen molar-refractivity contribution >= 4 is 44.5 Å². The van der Waals surface area contributed by atoms with Crippen molar-refractivity contribution in [2.45, 2.75) is 18.7 Å². The molecule has 0 N–H and O–H groups in total. The van der Waals surface area contributed by atoms with Gasteiger partial charge in [-0.25, -0.2) is 18.6 Å². The normalized spacial score (nSPS) is 10.7. The Balaban J connectivity index is 3.24. The molecule has 0 aliphatic carbocycles. The van der Waals surface area contributed by atoms with E-state index in [1.54, 1.807) is 6.92 Å². The van der Waals surface area contributed by atoms with E-state index in [4.69, 9.17) is 4.74 Å². The van der Waals surface area contributed by atoms with Crippen LogP contribution in [0.15, 0.2) is 6.20 Å². The van der Waals surface area contributed by atoms with Crippen molar-refractivity contribution in [1.82, 2.24) is 4.98 Å². The molecule has 0 amide bonds. The van der Waals surface area contributed by atoms with Gasteiger partial charge in [0.1, 0.15) is 0 Å². The molecule has 1 aromatic heterocycles. The van der Waals surface area contributed by atoms with Gasteiger partial charge in [0.25, 0.3) is 6.43 Å². The number of aromatic nitrogens is 1. The molecule has 0 unspecified atom stereocenters. The second-order valence-corrected chi connectivity index (χ2v) is 4.65. The van der Waals surface area contributed by atoms with E-state index in [-0.39, 0.29) is 23.2 Å². The third-order valence-corrected chi connectivity index (χ3v) is 3.71. The number of pyridine rings is 1. The van der Waals surface area contributed by atoms with Gasteiger partial charge in [-0.15, -0.1) is 0 Å². The fourth-order valence-electron chi connectivity index (χ4n) is 1.20. The number of carbonyl (C=O) groups is 1. The van der Waals surface area contributed by atoms with E-state index in [9.17, 15) is 13.6 Å². The second kappa shape index (κ2) is 6.58. The van der Waals surface area contributed by atoms with Gasteiger partial charge in [0.05, 0.1) is 10.2 Å². The number of nitrogens with zero attached hydrogens (tertiary/aromatic N) is 1. The molecule has 1 aromatic rings. The molecule has 0 saturated carbocycles. The monoisotopic (exact) mass is 419 g/mol. The van der Waals surface area contributed by atoms with E-state index in [0.29, 0.717) is 9.13 Å². The third kappa shape index (κ3) is 3.34. The lowest BCUT2D eigenvalue weighted by Crippen LogP contribution is -2.12. The molecule has 0 aliphatic heterocycles. The standard InChI is InChI=1S/C10H9BrF2INO2/c1-2-17-10(16)8-7(14)5(3-11)6(4-15-8)9(12)13/h4,9H,2-3H2,1H3. The molecule has 0 spiro atoms. The zero-order valence-corrected chi connectivity index (χ0v) is 12.6. The van der Waals surface area contributed by atoms with Crippen molar-refractivity contribution in [3.63, 3.8) is 0 Å². The van der Waals surface area contributed by atoms with Crippen LogP contribution < -0.4 is 0 Å². The van der Waals surface area contributed by atoms with E-state index < -0.39 is 12.4 Å². The van der Waals surface area contributed by atoms with Crippen LogP contribution in [-0.4, -0.2) is 17.6 Å². The Hall–Kier alpha value is -0.310. The number of esters is 1. The number of rotatable bonds is 4. The summed E-state index contributed by atoms with van der Waals surface area (Å²) < 4.78 is 30.6.